The fourth-order valence-corrected chi connectivity index (χ4v) is 2.25. The van der Waals surface area contributed by atoms with E-state index in [9.17, 15) is 4.79 Å². The Morgan fingerprint density at radius 3 is 2.79 bits per heavy atom. The molecule has 0 aromatic carbocycles. The van der Waals surface area contributed by atoms with Gasteiger partial charge in [-0.3, -0.25) is 4.79 Å². The third-order valence-electron chi connectivity index (χ3n) is 1.07. The number of carboxylic acid groups (broad SMARTS) is 1. The number of hydrogen-bond acceptors (Lipinski definition) is 4. The molecular weight excluding hydrogens is 218 g/mol. The predicted molar refractivity (Wildman–Crippen MR) is 63.9 cm³/mol. The van der Waals surface area contributed by atoms with Crippen LogP contribution in [0.3, 0.4) is 0 Å². The number of aliphatic carboxylic acids is 1. The van der Waals surface area contributed by atoms with Crippen molar-refractivity contribution in [1.82, 2.24) is 0 Å². The van der Waals surface area contributed by atoms with Gasteiger partial charge in [-0.05, 0) is 18.4 Å². The molecule has 0 aliphatic carbocycles. The van der Waals surface area contributed by atoms with Gasteiger partial charge < -0.3 is 10.8 Å². The van der Waals surface area contributed by atoms with Gasteiger partial charge in [0.15, 0.2) is 0 Å². The quantitative estimate of drug-likeness (QED) is 0.400. The summed E-state index contributed by atoms with van der Waals surface area (Å²) in [4.78, 5) is 11.0. The van der Waals surface area contributed by atoms with E-state index < -0.39 is 5.97 Å². The molecule has 0 bridgehead atoms. The van der Waals surface area contributed by atoms with Crippen LogP contribution >= 0.6 is 21.6 Å². The maximum atomic E-state index is 10.2. The number of nitrogens with two attached hydrogens (primary N) is 1. The van der Waals surface area contributed by atoms with Crippen LogP contribution in [0.2, 0.25) is 0 Å². The zero-order valence-corrected chi connectivity index (χ0v) is 9.31. The monoisotopic (exact) mass is 231 g/mol. The molecule has 0 spiro atoms. The average molecular weight is 231 g/mol. The Morgan fingerprint density at radius 1 is 1.50 bits per heavy atom. The summed E-state index contributed by atoms with van der Waals surface area (Å²) in [6.07, 6.45) is 6.92. The van der Waals surface area contributed by atoms with Crippen LogP contribution in [0.25, 0.3) is 0 Å². The first-order valence-corrected chi connectivity index (χ1v) is 6.24. The molecule has 3 nitrogen and oxygen atoms in total. The maximum Gasteiger partial charge on any atom is 0.304 e. The van der Waals surface area contributed by atoms with E-state index in [1.54, 1.807) is 12.2 Å². The highest BCUT2D eigenvalue weighted by Gasteiger charge is 1.97. The Morgan fingerprint density at radius 2 is 2.21 bits per heavy atom. The highest BCUT2D eigenvalue weighted by molar-refractivity contribution is 8.78. The molecule has 0 atom stereocenters. The Labute approximate surface area is 91.5 Å². The fourth-order valence-electron chi connectivity index (χ4n) is 0.501. The van der Waals surface area contributed by atoms with Crippen molar-refractivity contribution in [1.29, 1.82) is 0 Å². The van der Waals surface area contributed by atoms with E-state index in [1.807, 2.05) is 6.08 Å². The molecule has 0 amide bonds. The Bertz CT molecular complexity index is 249. The Hall–Kier alpha value is -0.810. The minimum Gasteiger partial charge on any atom is -0.481 e. The molecule has 14 heavy (non-hydrogen) atoms. The number of rotatable bonds is 7. The zero-order valence-electron chi connectivity index (χ0n) is 7.68. The van der Waals surface area contributed by atoms with Crippen LogP contribution in [0.4, 0.5) is 0 Å². The lowest BCUT2D eigenvalue weighted by atomic mass is 10.5. The number of carbonyl (C=O) groups is 1. The molecule has 0 saturated carbocycles. The molecule has 0 saturated heterocycles. The maximum absolute atomic E-state index is 10.2. The Balaban J connectivity index is 3.49. The van der Waals surface area contributed by atoms with Crippen LogP contribution in [-0.4, -0.2) is 16.8 Å². The van der Waals surface area contributed by atoms with Crippen molar-refractivity contribution in [3.63, 3.8) is 0 Å². The molecule has 5 heteroatoms. The van der Waals surface area contributed by atoms with Crippen LogP contribution in [-0.2, 0) is 4.79 Å². The number of hydrogen-bond donors (Lipinski definition) is 2. The highest BCUT2D eigenvalue weighted by atomic mass is 33.1. The van der Waals surface area contributed by atoms with E-state index in [0.717, 1.165) is 4.91 Å². The molecule has 0 radical (unpaired) electrons. The van der Waals surface area contributed by atoms with Gasteiger partial charge in [0.05, 0.1) is 6.42 Å². The summed E-state index contributed by atoms with van der Waals surface area (Å²) in [7, 11) is 2.94. The van der Waals surface area contributed by atoms with Gasteiger partial charge in [-0.2, -0.15) is 0 Å². The molecule has 0 unspecified atom stereocenters. The largest absolute Gasteiger partial charge is 0.481 e. The third kappa shape index (κ3) is 9.28. The normalized spacial score (nSPS) is 11.1. The van der Waals surface area contributed by atoms with Crippen molar-refractivity contribution in [2.24, 2.45) is 5.73 Å². The third-order valence-corrected chi connectivity index (χ3v) is 3.40. The first kappa shape index (κ1) is 13.2. The summed E-state index contributed by atoms with van der Waals surface area (Å²) >= 11 is 0. The topological polar surface area (TPSA) is 63.3 Å². The minimum atomic E-state index is -0.773. The molecule has 0 aliphatic heterocycles. The van der Waals surface area contributed by atoms with Crippen LogP contribution in [0.1, 0.15) is 6.42 Å². The summed E-state index contributed by atoms with van der Waals surface area (Å²) in [6, 6.07) is 0. The minimum absolute atomic E-state index is 0.178. The van der Waals surface area contributed by atoms with E-state index in [2.05, 4.69) is 6.58 Å². The van der Waals surface area contributed by atoms with E-state index in [0.29, 0.717) is 5.75 Å². The van der Waals surface area contributed by atoms with Crippen molar-refractivity contribution in [3.8, 4) is 0 Å². The van der Waals surface area contributed by atoms with E-state index >= 15 is 0 Å². The number of allylic oxidation sites excluding steroid dienone is 3. The van der Waals surface area contributed by atoms with E-state index in [1.165, 1.54) is 27.8 Å². The SMILES string of the molecule is C=C(/C=C\C=C/N)SSCCC(=O)O. The summed E-state index contributed by atoms with van der Waals surface area (Å²) in [6.45, 7) is 3.78. The average Bonchev–Trinajstić information content (AvgIpc) is 2.13. The van der Waals surface area contributed by atoms with E-state index in [4.69, 9.17) is 10.8 Å². The summed E-state index contributed by atoms with van der Waals surface area (Å²) < 4.78 is 0. The van der Waals surface area contributed by atoms with E-state index in [-0.39, 0.29) is 6.42 Å². The molecule has 0 fully saturated rings. The molecule has 0 aliphatic rings. The van der Waals surface area contributed by atoms with Crippen molar-refractivity contribution < 1.29 is 9.90 Å². The fraction of sp³-hybridized carbons (Fsp3) is 0.222. The van der Waals surface area contributed by atoms with Crippen molar-refractivity contribution >= 4 is 27.6 Å². The molecule has 0 heterocycles. The second kappa shape index (κ2) is 8.77. The van der Waals surface area contributed by atoms with Gasteiger partial charge in [-0.15, -0.1) is 0 Å². The molecule has 0 rings (SSSR count). The van der Waals surface area contributed by atoms with Crippen molar-refractivity contribution in [3.05, 3.63) is 35.9 Å². The molecule has 0 aromatic heterocycles. The van der Waals surface area contributed by atoms with Gasteiger partial charge in [-0.25, -0.2) is 0 Å². The first-order chi connectivity index (χ1) is 6.66. The summed E-state index contributed by atoms with van der Waals surface area (Å²) in [5, 5.41) is 8.37. The van der Waals surface area contributed by atoms with Gasteiger partial charge >= 0.3 is 5.97 Å². The lowest BCUT2D eigenvalue weighted by molar-refractivity contribution is -0.136. The van der Waals surface area contributed by atoms with Gasteiger partial charge in [0.25, 0.3) is 0 Å². The summed E-state index contributed by atoms with van der Waals surface area (Å²) in [5.41, 5.74) is 5.13. The lowest BCUT2D eigenvalue weighted by Crippen LogP contribution is -1.94. The first-order valence-electron chi connectivity index (χ1n) is 3.92. The molecule has 0 aromatic rings. The smallest absolute Gasteiger partial charge is 0.304 e. The molecular formula is C9H13NO2S2. The number of carboxylic acids is 1. The lowest BCUT2D eigenvalue weighted by Gasteiger charge is -1.97. The van der Waals surface area contributed by atoms with Crippen LogP contribution in [0.15, 0.2) is 35.9 Å². The standard InChI is InChI=1S/C9H13NO2S2/c1-8(4-2-3-6-10)14-13-7-5-9(11)12/h2-4,6H,1,5,7,10H2,(H,11,12)/b4-2-,6-3-. The molecule has 78 valence electrons. The van der Waals surface area contributed by atoms with Crippen LogP contribution in [0.5, 0.6) is 0 Å². The van der Waals surface area contributed by atoms with Gasteiger partial charge in [0, 0.05) is 10.7 Å². The Kier molecular flexibility index (Phi) is 8.27. The highest BCUT2D eigenvalue weighted by Crippen LogP contribution is 2.29. The van der Waals surface area contributed by atoms with Crippen molar-refractivity contribution in [2.75, 3.05) is 5.75 Å². The van der Waals surface area contributed by atoms with Gasteiger partial charge in [-0.1, -0.05) is 34.2 Å². The summed E-state index contributed by atoms with van der Waals surface area (Å²) in [5.74, 6) is -0.190. The van der Waals surface area contributed by atoms with Gasteiger partial charge in [0.1, 0.15) is 0 Å². The van der Waals surface area contributed by atoms with Gasteiger partial charge in [0.2, 0.25) is 0 Å². The molecule has 3 N–H and O–H groups in total. The van der Waals surface area contributed by atoms with Crippen molar-refractivity contribution in [2.45, 2.75) is 6.42 Å². The predicted octanol–water partition coefficient (Wildman–Crippen LogP) is 2.38. The van der Waals surface area contributed by atoms with Crippen LogP contribution < -0.4 is 5.73 Å². The second-order valence-electron chi connectivity index (χ2n) is 2.26. The second-order valence-corrected chi connectivity index (χ2v) is 4.80. The zero-order chi connectivity index (χ0) is 10.8. The van der Waals surface area contributed by atoms with Crippen LogP contribution in [0, 0.1) is 0 Å².